The zero-order valence-electron chi connectivity index (χ0n) is 8.57. The minimum absolute atomic E-state index is 0.297. The third kappa shape index (κ3) is 1.65. The highest BCUT2D eigenvalue weighted by Gasteiger charge is 1.96. The molecule has 2 aromatic carbocycles. The predicted octanol–water partition coefficient (Wildman–Crippen LogP) is 3.23. The highest BCUT2D eigenvalue weighted by Crippen LogP contribution is 2.19. The first kappa shape index (κ1) is 7.34. The van der Waals surface area contributed by atoms with E-state index in [0.29, 0.717) is 11.6 Å². The molecule has 0 atom stereocenters. The van der Waals surface area contributed by atoms with E-state index in [1.54, 1.807) is 12.1 Å². The molecular formula is C13H9N. The lowest BCUT2D eigenvalue weighted by Crippen LogP contribution is -1.78. The van der Waals surface area contributed by atoms with Gasteiger partial charge in [0.1, 0.15) is 0 Å². The fourth-order valence-corrected chi connectivity index (χ4v) is 1.32. The molecule has 2 aromatic rings. The molecule has 0 aliphatic heterocycles. The van der Waals surface area contributed by atoms with E-state index in [9.17, 15) is 0 Å². The van der Waals surface area contributed by atoms with Gasteiger partial charge in [0.05, 0.1) is 13.0 Å². The van der Waals surface area contributed by atoms with Crippen LogP contribution < -0.4 is 0 Å². The Hall–Kier alpha value is -2.07. The lowest BCUT2D eigenvalue weighted by Gasteiger charge is -2.00. The van der Waals surface area contributed by atoms with Crippen LogP contribution in [0, 0.1) is 11.3 Å². The van der Waals surface area contributed by atoms with E-state index < -0.39 is 0 Å². The Kier molecular flexibility index (Phi) is 1.97. The van der Waals surface area contributed by atoms with Gasteiger partial charge in [-0.15, -0.1) is 0 Å². The average Bonchev–Trinajstić information content (AvgIpc) is 2.30. The van der Waals surface area contributed by atoms with Gasteiger partial charge in [-0.05, 0) is 23.2 Å². The molecule has 0 unspecified atom stereocenters. The summed E-state index contributed by atoms with van der Waals surface area (Å²) in [7, 11) is 0. The molecule has 14 heavy (non-hydrogen) atoms. The van der Waals surface area contributed by atoms with E-state index in [0.717, 1.165) is 11.1 Å². The summed E-state index contributed by atoms with van der Waals surface area (Å²) in [6.45, 7) is 0. The number of rotatable bonds is 1. The minimum Gasteiger partial charge on any atom is -0.192 e. The molecule has 0 bridgehead atoms. The molecule has 0 saturated heterocycles. The number of benzene rings is 2. The van der Waals surface area contributed by atoms with Crippen LogP contribution >= 0.6 is 0 Å². The van der Waals surface area contributed by atoms with Gasteiger partial charge in [-0.3, -0.25) is 0 Å². The molecule has 2 rings (SSSR count). The van der Waals surface area contributed by atoms with Gasteiger partial charge in [0.25, 0.3) is 0 Å². The van der Waals surface area contributed by atoms with Crippen molar-refractivity contribution in [2.24, 2.45) is 0 Å². The third-order valence-corrected chi connectivity index (χ3v) is 2.00. The SMILES string of the molecule is [2H]c1c(C#N)cccc1-c1ccccc1. The number of nitrogens with zero attached hydrogens (tertiary/aromatic N) is 1. The van der Waals surface area contributed by atoms with Gasteiger partial charge in [0.2, 0.25) is 0 Å². The van der Waals surface area contributed by atoms with E-state index >= 15 is 0 Å². The molecule has 0 amide bonds. The second-order valence-corrected chi connectivity index (χ2v) is 2.96. The second kappa shape index (κ2) is 3.76. The zero-order valence-corrected chi connectivity index (χ0v) is 7.57. The lowest BCUT2D eigenvalue weighted by molar-refractivity contribution is 1.48. The number of hydrogen-bond acceptors (Lipinski definition) is 1. The molecule has 0 aliphatic carbocycles. The smallest absolute Gasteiger partial charge is 0.0991 e. The Morgan fingerprint density at radius 1 is 0.929 bits per heavy atom. The summed E-state index contributed by atoms with van der Waals surface area (Å²) >= 11 is 0. The first-order chi connectivity index (χ1) is 7.33. The fraction of sp³-hybridized carbons (Fsp3) is 0. The van der Waals surface area contributed by atoms with Crippen LogP contribution in [0.5, 0.6) is 0 Å². The number of nitriles is 1. The van der Waals surface area contributed by atoms with Crippen molar-refractivity contribution in [2.75, 3.05) is 0 Å². The van der Waals surface area contributed by atoms with Crippen LogP contribution in [-0.4, -0.2) is 0 Å². The maximum Gasteiger partial charge on any atom is 0.0991 e. The van der Waals surface area contributed by atoms with Crippen LogP contribution in [0.1, 0.15) is 6.93 Å². The minimum atomic E-state index is 0.297. The van der Waals surface area contributed by atoms with Crippen LogP contribution in [-0.2, 0) is 0 Å². The van der Waals surface area contributed by atoms with E-state index in [1.165, 1.54) is 0 Å². The Bertz CT molecular complexity index is 512. The summed E-state index contributed by atoms with van der Waals surface area (Å²) in [6.07, 6.45) is 0. The van der Waals surface area contributed by atoms with Crippen LogP contribution in [0.3, 0.4) is 0 Å². The van der Waals surface area contributed by atoms with Crippen molar-refractivity contribution in [2.45, 2.75) is 0 Å². The van der Waals surface area contributed by atoms with Crippen molar-refractivity contribution >= 4 is 0 Å². The van der Waals surface area contributed by atoms with Gasteiger partial charge in [-0.25, -0.2) is 0 Å². The highest BCUT2D eigenvalue weighted by atomic mass is 14.2. The standard InChI is InChI=1S/C13H9N/c14-10-11-5-4-8-13(9-11)12-6-2-1-3-7-12/h1-9H/i9D. The quantitative estimate of drug-likeness (QED) is 0.661. The molecule has 0 N–H and O–H groups in total. The maximum atomic E-state index is 8.82. The third-order valence-electron chi connectivity index (χ3n) is 2.00. The number of hydrogen-bond donors (Lipinski definition) is 0. The molecule has 0 aromatic heterocycles. The Morgan fingerprint density at radius 2 is 1.64 bits per heavy atom. The van der Waals surface area contributed by atoms with Crippen molar-refractivity contribution in [3.63, 3.8) is 0 Å². The van der Waals surface area contributed by atoms with Gasteiger partial charge in [0.15, 0.2) is 0 Å². The van der Waals surface area contributed by atoms with E-state index in [2.05, 4.69) is 0 Å². The molecule has 1 heteroatoms. The normalized spacial score (nSPS) is 10.4. The Balaban J connectivity index is 2.61. The molecule has 0 spiro atoms. The maximum absolute atomic E-state index is 8.82. The van der Waals surface area contributed by atoms with Crippen LogP contribution in [0.25, 0.3) is 11.1 Å². The highest BCUT2D eigenvalue weighted by molar-refractivity contribution is 5.64. The van der Waals surface area contributed by atoms with Gasteiger partial charge in [-0.2, -0.15) is 5.26 Å². The second-order valence-electron chi connectivity index (χ2n) is 2.96. The van der Waals surface area contributed by atoms with Gasteiger partial charge in [0, 0.05) is 0 Å². The molecule has 66 valence electrons. The Morgan fingerprint density at radius 3 is 2.36 bits per heavy atom. The summed E-state index contributed by atoms with van der Waals surface area (Å²) in [5.41, 5.74) is 2.19. The molecule has 0 heterocycles. The van der Waals surface area contributed by atoms with Crippen LogP contribution in [0.15, 0.2) is 54.6 Å². The fourth-order valence-electron chi connectivity index (χ4n) is 1.32. The van der Waals surface area contributed by atoms with Gasteiger partial charge >= 0.3 is 0 Å². The summed E-state index contributed by atoms with van der Waals surface area (Å²) in [6, 6.07) is 17.3. The summed E-state index contributed by atoms with van der Waals surface area (Å²) in [4.78, 5) is 0. The van der Waals surface area contributed by atoms with Crippen molar-refractivity contribution in [1.29, 1.82) is 5.26 Å². The largest absolute Gasteiger partial charge is 0.192 e. The first-order valence-electron chi connectivity index (χ1n) is 4.88. The molecule has 0 saturated carbocycles. The Labute approximate surface area is 84.7 Å². The van der Waals surface area contributed by atoms with E-state index in [-0.39, 0.29) is 0 Å². The van der Waals surface area contributed by atoms with E-state index in [4.69, 9.17) is 6.63 Å². The molecular weight excluding hydrogens is 170 g/mol. The lowest BCUT2D eigenvalue weighted by atomic mass is 10.0. The monoisotopic (exact) mass is 180 g/mol. The van der Waals surface area contributed by atoms with Crippen molar-refractivity contribution in [1.82, 2.24) is 0 Å². The molecule has 0 aliphatic rings. The predicted molar refractivity (Wildman–Crippen MR) is 56.6 cm³/mol. The van der Waals surface area contributed by atoms with Crippen molar-refractivity contribution in [3.05, 3.63) is 60.1 Å². The van der Waals surface area contributed by atoms with Crippen LogP contribution in [0.2, 0.25) is 0 Å². The van der Waals surface area contributed by atoms with Gasteiger partial charge in [-0.1, -0.05) is 42.5 Å². The summed E-state index contributed by atoms with van der Waals surface area (Å²) in [5, 5.41) is 8.82. The van der Waals surface area contributed by atoms with Crippen molar-refractivity contribution < 1.29 is 1.37 Å². The van der Waals surface area contributed by atoms with Crippen LogP contribution in [0.4, 0.5) is 0 Å². The molecule has 0 fully saturated rings. The van der Waals surface area contributed by atoms with E-state index in [1.807, 2.05) is 42.5 Å². The zero-order chi connectivity index (χ0) is 10.7. The topological polar surface area (TPSA) is 23.8 Å². The average molecular weight is 180 g/mol. The van der Waals surface area contributed by atoms with Crippen molar-refractivity contribution in [3.8, 4) is 17.2 Å². The molecule has 1 nitrogen and oxygen atoms in total. The summed E-state index contributed by atoms with van der Waals surface area (Å²) < 4.78 is 7.86. The molecule has 0 radical (unpaired) electrons. The summed E-state index contributed by atoms with van der Waals surface area (Å²) in [5.74, 6) is 0. The van der Waals surface area contributed by atoms with Gasteiger partial charge < -0.3 is 0 Å². The first-order valence-corrected chi connectivity index (χ1v) is 4.38.